The van der Waals surface area contributed by atoms with Gasteiger partial charge in [0.15, 0.2) is 0 Å². The van der Waals surface area contributed by atoms with E-state index in [1.54, 1.807) is 24.3 Å². The van der Waals surface area contributed by atoms with Crippen LogP contribution in [0.5, 0.6) is 0 Å². The summed E-state index contributed by atoms with van der Waals surface area (Å²) in [5, 5.41) is 14.4. The molecular weight excluding hydrogens is 399 g/mol. The zero-order valence-corrected chi connectivity index (χ0v) is 16.4. The van der Waals surface area contributed by atoms with E-state index in [1.807, 2.05) is 18.2 Å². The summed E-state index contributed by atoms with van der Waals surface area (Å²) >= 11 is 2.59. The Hall–Kier alpha value is -2.78. The molecule has 6 nitrogen and oxygen atoms in total. The van der Waals surface area contributed by atoms with Gasteiger partial charge in [0.2, 0.25) is 10.9 Å². The fourth-order valence-corrected chi connectivity index (χ4v) is 3.83. The van der Waals surface area contributed by atoms with Gasteiger partial charge in [-0.1, -0.05) is 41.7 Å². The Bertz CT molecular complexity index is 933. The van der Waals surface area contributed by atoms with Crippen LogP contribution in [0, 0.1) is 5.82 Å². The summed E-state index contributed by atoms with van der Waals surface area (Å²) in [5.74, 6) is 0.00410. The smallest absolute Gasteiger partial charge is 0.286 e. The molecule has 9 heteroatoms. The van der Waals surface area contributed by atoms with E-state index in [-0.39, 0.29) is 28.4 Å². The zero-order valence-electron chi connectivity index (χ0n) is 14.7. The van der Waals surface area contributed by atoms with Crippen LogP contribution >= 0.6 is 23.1 Å². The van der Waals surface area contributed by atoms with Gasteiger partial charge < -0.3 is 10.6 Å². The van der Waals surface area contributed by atoms with E-state index < -0.39 is 0 Å². The summed E-state index contributed by atoms with van der Waals surface area (Å²) in [7, 11) is 0. The van der Waals surface area contributed by atoms with E-state index in [4.69, 9.17) is 0 Å². The molecule has 0 aliphatic heterocycles. The van der Waals surface area contributed by atoms with Crippen LogP contribution in [0.3, 0.4) is 0 Å². The summed E-state index contributed by atoms with van der Waals surface area (Å²) in [5.41, 5.74) is 1.52. The predicted molar refractivity (Wildman–Crippen MR) is 109 cm³/mol. The van der Waals surface area contributed by atoms with Gasteiger partial charge in [-0.3, -0.25) is 9.59 Å². The molecule has 2 N–H and O–H groups in total. The average Bonchev–Trinajstić information content (AvgIpc) is 3.17. The Balaban J connectivity index is 1.39. The Labute approximate surface area is 169 Å². The number of carbonyl (C=O) groups excluding carboxylic acids is 2. The second kappa shape index (κ2) is 9.95. The number of thioether (sulfide) groups is 1. The standard InChI is InChI=1S/C19H17FN4O2S2/c20-14-8-6-13(7-9-14)10-21-16(25)11-27-12-17-23-24-19(28-17)18(26)22-15-4-2-1-3-5-15/h1-9H,10-12H2,(H,21,25)(H,22,26). The molecule has 0 aliphatic carbocycles. The van der Waals surface area contributed by atoms with Gasteiger partial charge in [0.1, 0.15) is 10.8 Å². The Kier molecular flexibility index (Phi) is 7.10. The molecule has 3 aromatic rings. The summed E-state index contributed by atoms with van der Waals surface area (Å²) in [6.07, 6.45) is 0. The molecule has 0 saturated heterocycles. The first-order valence-electron chi connectivity index (χ1n) is 8.38. The van der Waals surface area contributed by atoms with Gasteiger partial charge in [0.25, 0.3) is 5.91 Å². The van der Waals surface area contributed by atoms with Crippen molar-refractivity contribution >= 4 is 40.6 Å². The highest BCUT2D eigenvalue weighted by Crippen LogP contribution is 2.18. The van der Waals surface area contributed by atoms with Crippen molar-refractivity contribution in [3.05, 3.63) is 76.0 Å². The number of halogens is 1. The van der Waals surface area contributed by atoms with Crippen LogP contribution in [0.15, 0.2) is 54.6 Å². The van der Waals surface area contributed by atoms with Crippen LogP contribution in [0.4, 0.5) is 10.1 Å². The third kappa shape index (κ3) is 6.14. The van der Waals surface area contributed by atoms with E-state index in [9.17, 15) is 14.0 Å². The van der Waals surface area contributed by atoms with E-state index in [0.717, 1.165) is 5.56 Å². The number of aromatic nitrogens is 2. The van der Waals surface area contributed by atoms with Gasteiger partial charge in [0.05, 0.1) is 5.75 Å². The van der Waals surface area contributed by atoms with E-state index >= 15 is 0 Å². The number of hydrogen-bond donors (Lipinski definition) is 2. The van der Waals surface area contributed by atoms with Crippen LogP contribution in [0.2, 0.25) is 0 Å². The first kappa shape index (κ1) is 20.0. The van der Waals surface area contributed by atoms with Crippen molar-refractivity contribution in [1.82, 2.24) is 15.5 Å². The number of carbonyl (C=O) groups is 2. The van der Waals surface area contributed by atoms with Crippen molar-refractivity contribution in [2.24, 2.45) is 0 Å². The molecule has 144 valence electrons. The molecule has 0 fully saturated rings. The average molecular weight is 417 g/mol. The molecule has 2 aromatic carbocycles. The maximum Gasteiger partial charge on any atom is 0.286 e. The van der Waals surface area contributed by atoms with Gasteiger partial charge in [-0.05, 0) is 29.8 Å². The number of para-hydroxylation sites is 1. The van der Waals surface area contributed by atoms with Crippen molar-refractivity contribution < 1.29 is 14.0 Å². The maximum atomic E-state index is 12.8. The number of nitrogens with one attached hydrogen (secondary N) is 2. The van der Waals surface area contributed by atoms with Crippen LogP contribution in [0.1, 0.15) is 20.4 Å². The SMILES string of the molecule is O=C(CSCc1nnc(C(=O)Nc2ccccc2)s1)NCc1ccc(F)cc1. The van der Waals surface area contributed by atoms with Crippen molar-refractivity contribution in [2.45, 2.75) is 12.3 Å². The number of nitrogens with zero attached hydrogens (tertiary/aromatic N) is 2. The number of benzene rings is 2. The quantitative estimate of drug-likeness (QED) is 0.587. The normalized spacial score (nSPS) is 10.5. The molecular formula is C19H17FN4O2S2. The van der Waals surface area contributed by atoms with Gasteiger partial charge in [0, 0.05) is 18.0 Å². The molecule has 1 heterocycles. The van der Waals surface area contributed by atoms with Crippen LogP contribution < -0.4 is 10.6 Å². The van der Waals surface area contributed by atoms with Crippen molar-refractivity contribution in [3.63, 3.8) is 0 Å². The highest BCUT2D eigenvalue weighted by atomic mass is 32.2. The third-order valence-corrected chi connectivity index (χ3v) is 5.60. The molecule has 28 heavy (non-hydrogen) atoms. The molecule has 0 spiro atoms. The Morgan fingerprint density at radius 1 is 1.04 bits per heavy atom. The first-order valence-corrected chi connectivity index (χ1v) is 10.3. The lowest BCUT2D eigenvalue weighted by molar-refractivity contribution is -0.118. The second-order valence-electron chi connectivity index (χ2n) is 5.72. The largest absolute Gasteiger partial charge is 0.351 e. The number of amides is 2. The van der Waals surface area contributed by atoms with Crippen molar-refractivity contribution in [1.29, 1.82) is 0 Å². The summed E-state index contributed by atoms with van der Waals surface area (Å²) in [4.78, 5) is 24.0. The Morgan fingerprint density at radius 2 is 1.79 bits per heavy atom. The number of hydrogen-bond acceptors (Lipinski definition) is 6. The van der Waals surface area contributed by atoms with Crippen molar-refractivity contribution in [2.75, 3.05) is 11.1 Å². The van der Waals surface area contributed by atoms with Crippen LogP contribution in [-0.2, 0) is 17.1 Å². The molecule has 0 unspecified atom stereocenters. The van der Waals surface area contributed by atoms with E-state index in [0.29, 0.717) is 23.0 Å². The van der Waals surface area contributed by atoms with Gasteiger partial charge >= 0.3 is 0 Å². The maximum absolute atomic E-state index is 12.8. The zero-order chi connectivity index (χ0) is 19.8. The van der Waals surface area contributed by atoms with Gasteiger partial charge in [-0.15, -0.1) is 22.0 Å². The summed E-state index contributed by atoms with van der Waals surface area (Å²) < 4.78 is 12.8. The fraction of sp³-hybridized carbons (Fsp3) is 0.158. The third-order valence-electron chi connectivity index (χ3n) is 3.55. The lowest BCUT2D eigenvalue weighted by atomic mass is 10.2. The first-order chi connectivity index (χ1) is 13.6. The highest BCUT2D eigenvalue weighted by molar-refractivity contribution is 7.99. The molecule has 0 saturated carbocycles. The minimum absolute atomic E-state index is 0.124. The lowest BCUT2D eigenvalue weighted by Gasteiger charge is -2.04. The molecule has 0 radical (unpaired) electrons. The summed E-state index contributed by atoms with van der Waals surface area (Å²) in [6.45, 7) is 0.349. The minimum Gasteiger partial charge on any atom is -0.351 e. The topological polar surface area (TPSA) is 84.0 Å². The van der Waals surface area contributed by atoms with Crippen molar-refractivity contribution in [3.8, 4) is 0 Å². The molecule has 1 aromatic heterocycles. The van der Waals surface area contributed by atoms with Crippen LogP contribution in [-0.4, -0.2) is 27.8 Å². The molecule has 2 amide bonds. The monoisotopic (exact) mass is 416 g/mol. The number of rotatable bonds is 8. The van der Waals surface area contributed by atoms with E-state index in [1.165, 1.54) is 35.2 Å². The highest BCUT2D eigenvalue weighted by Gasteiger charge is 2.13. The molecule has 0 bridgehead atoms. The Morgan fingerprint density at radius 3 is 2.54 bits per heavy atom. The molecule has 0 aliphatic rings. The lowest BCUT2D eigenvalue weighted by Crippen LogP contribution is -2.24. The van der Waals surface area contributed by atoms with Gasteiger partial charge in [-0.2, -0.15) is 0 Å². The fourth-order valence-electron chi connectivity index (χ4n) is 2.19. The molecule has 3 rings (SSSR count). The number of anilines is 1. The van der Waals surface area contributed by atoms with E-state index in [2.05, 4.69) is 20.8 Å². The van der Waals surface area contributed by atoms with Gasteiger partial charge in [-0.25, -0.2) is 4.39 Å². The minimum atomic E-state index is -0.308. The van der Waals surface area contributed by atoms with Crippen LogP contribution in [0.25, 0.3) is 0 Å². The summed E-state index contributed by atoms with van der Waals surface area (Å²) in [6, 6.07) is 15.1. The molecule has 0 atom stereocenters. The second-order valence-corrected chi connectivity index (χ2v) is 7.76. The predicted octanol–water partition coefficient (Wildman–Crippen LogP) is 3.48.